The van der Waals surface area contributed by atoms with Crippen LogP contribution in [-0.2, 0) is 11.2 Å². The van der Waals surface area contributed by atoms with Crippen molar-refractivity contribution in [2.45, 2.75) is 23.1 Å². The molecule has 0 fully saturated rings. The second kappa shape index (κ2) is 6.43. The van der Waals surface area contributed by atoms with Crippen LogP contribution < -0.4 is 0 Å². The van der Waals surface area contributed by atoms with E-state index in [1.807, 2.05) is 25.1 Å². The van der Waals surface area contributed by atoms with Crippen molar-refractivity contribution in [3.8, 4) is 0 Å². The van der Waals surface area contributed by atoms with E-state index in [0.29, 0.717) is 0 Å². The van der Waals surface area contributed by atoms with Crippen LogP contribution >= 0.6 is 34.4 Å². The van der Waals surface area contributed by atoms with Crippen molar-refractivity contribution in [3.63, 3.8) is 0 Å². The molecule has 2 aromatic rings. The Morgan fingerprint density at radius 3 is 2.47 bits per heavy atom. The quantitative estimate of drug-likeness (QED) is 0.796. The maximum atomic E-state index is 10.7. The van der Waals surface area contributed by atoms with Gasteiger partial charge < -0.3 is 5.11 Å². The normalized spacial score (nSPS) is 10.4. The summed E-state index contributed by atoms with van der Waals surface area (Å²) in [6.07, 6.45) is 0.0787. The Balaban J connectivity index is 2.17. The number of hydrogen-bond donors (Lipinski definition) is 1. The van der Waals surface area contributed by atoms with Crippen molar-refractivity contribution < 1.29 is 9.90 Å². The number of carbonyl (C=O) groups is 1. The van der Waals surface area contributed by atoms with Gasteiger partial charge in [0.05, 0.1) is 6.42 Å². The summed E-state index contributed by atoms with van der Waals surface area (Å²) in [4.78, 5) is 13.0. The van der Waals surface area contributed by atoms with Gasteiger partial charge in [-0.1, -0.05) is 23.9 Å². The van der Waals surface area contributed by atoms with Crippen LogP contribution in [0.3, 0.4) is 0 Å². The molecule has 2 rings (SSSR count). The van der Waals surface area contributed by atoms with Gasteiger partial charge in [0.1, 0.15) is 0 Å². The fourth-order valence-electron chi connectivity index (χ4n) is 1.74. The van der Waals surface area contributed by atoms with E-state index in [9.17, 15) is 4.79 Å². The van der Waals surface area contributed by atoms with Crippen LogP contribution in [0.1, 0.15) is 11.1 Å². The molecule has 0 spiro atoms. The van der Waals surface area contributed by atoms with Crippen LogP contribution in [-0.4, -0.2) is 11.1 Å². The van der Waals surface area contributed by atoms with Crippen molar-refractivity contribution in [1.82, 2.24) is 0 Å². The lowest BCUT2D eigenvalue weighted by molar-refractivity contribution is -0.136. The molecule has 0 radical (unpaired) electrons. The highest BCUT2D eigenvalue weighted by Crippen LogP contribution is 2.31. The minimum absolute atomic E-state index is 0.0787. The van der Waals surface area contributed by atoms with Crippen LogP contribution in [0.5, 0.6) is 0 Å². The molecule has 0 saturated heterocycles. The molecule has 2 nitrogen and oxygen atoms in total. The molecule has 0 aromatic heterocycles. The lowest BCUT2D eigenvalue weighted by Gasteiger charge is -2.07. The van der Waals surface area contributed by atoms with Gasteiger partial charge in [0.2, 0.25) is 0 Å². The molecule has 19 heavy (non-hydrogen) atoms. The van der Waals surface area contributed by atoms with Crippen LogP contribution in [0.2, 0.25) is 0 Å². The van der Waals surface area contributed by atoms with Crippen LogP contribution in [0.4, 0.5) is 0 Å². The first-order valence-corrected chi connectivity index (χ1v) is 7.69. The number of aliphatic carboxylic acids is 1. The van der Waals surface area contributed by atoms with Crippen LogP contribution in [0.25, 0.3) is 0 Å². The van der Waals surface area contributed by atoms with Gasteiger partial charge in [0.15, 0.2) is 0 Å². The van der Waals surface area contributed by atoms with Gasteiger partial charge in [-0.05, 0) is 71.0 Å². The zero-order valence-electron chi connectivity index (χ0n) is 10.4. The van der Waals surface area contributed by atoms with Crippen molar-refractivity contribution in [2.75, 3.05) is 0 Å². The molecule has 2 aromatic carbocycles. The van der Waals surface area contributed by atoms with E-state index in [4.69, 9.17) is 5.11 Å². The number of carboxylic acids is 1. The van der Waals surface area contributed by atoms with Gasteiger partial charge in [0.25, 0.3) is 0 Å². The molecule has 0 unspecified atom stereocenters. The summed E-state index contributed by atoms with van der Waals surface area (Å²) in [5.41, 5.74) is 1.96. The predicted molar refractivity (Wildman–Crippen MR) is 85.8 cm³/mol. The second-order valence-electron chi connectivity index (χ2n) is 4.23. The maximum Gasteiger partial charge on any atom is 0.307 e. The number of hydrogen-bond acceptors (Lipinski definition) is 2. The molecular weight excluding hydrogens is 371 g/mol. The summed E-state index contributed by atoms with van der Waals surface area (Å²) in [5, 5.41) is 8.78. The first-order chi connectivity index (χ1) is 9.04. The van der Waals surface area contributed by atoms with Crippen LogP contribution in [0.15, 0.2) is 52.3 Å². The van der Waals surface area contributed by atoms with E-state index in [1.54, 1.807) is 11.8 Å². The maximum absolute atomic E-state index is 10.7. The number of benzene rings is 2. The van der Waals surface area contributed by atoms with Gasteiger partial charge in [-0.2, -0.15) is 0 Å². The van der Waals surface area contributed by atoms with E-state index >= 15 is 0 Å². The minimum Gasteiger partial charge on any atom is -0.481 e. The number of rotatable bonds is 4. The highest BCUT2D eigenvalue weighted by molar-refractivity contribution is 14.1. The van der Waals surface area contributed by atoms with Gasteiger partial charge in [0, 0.05) is 13.4 Å². The third-order valence-electron chi connectivity index (χ3n) is 2.64. The average Bonchev–Trinajstić information content (AvgIpc) is 2.34. The Kier molecular flexibility index (Phi) is 4.87. The summed E-state index contributed by atoms with van der Waals surface area (Å²) in [7, 11) is 0. The van der Waals surface area contributed by atoms with E-state index in [0.717, 1.165) is 16.0 Å². The third kappa shape index (κ3) is 4.24. The van der Waals surface area contributed by atoms with E-state index in [1.165, 1.54) is 8.47 Å². The molecule has 0 heterocycles. The molecule has 0 aliphatic carbocycles. The van der Waals surface area contributed by atoms with Gasteiger partial charge >= 0.3 is 5.97 Å². The van der Waals surface area contributed by atoms with Crippen molar-refractivity contribution >= 4 is 40.3 Å². The highest BCUT2D eigenvalue weighted by atomic mass is 127. The summed E-state index contributed by atoms with van der Waals surface area (Å²) >= 11 is 3.98. The minimum atomic E-state index is -0.794. The molecule has 0 bridgehead atoms. The SMILES string of the molecule is Cc1cc(CC(=O)O)ccc1Sc1ccc(I)cc1. The topological polar surface area (TPSA) is 37.3 Å². The molecule has 0 amide bonds. The van der Waals surface area contributed by atoms with E-state index in [2.05, 4.69) is 46.9 Å². The Morgan fingerprint density at radius 1 is 1.21 bits per heavy atom. The molecule has 0 saturated carbocycles. The highest BCUT2D eigenvalue weighted by Gasteiger charge is 2.05. The lowest BCUT2D eigenvalue weighted by Crippen LogP contribution is -2.00. The summed E-state index contributed by atoms with van der Waals surface area (Å²) in [5.74, 6) is -0.794. The fourth-order valence-corrected chi connectivity index (χ4v) is 2.98. The number of halogens is 1. The number of aryl methyl sites for hydroxylation is 1. The van der Waals surface area contributed by atoms with E-state index in [-0.39, 0.29) is 6.42 Å². The molecule has 1 N–H and O–H groups in total. The summed E-state index contributed by atoms with van der Waals surface area (Å²) in [6, 6.07) is 14.2. The predicted octanol–water partition coefficient (Wildman–Crippen LogP) is 4.38. The average molecular weight is 384 g/mol. The molecule has 98 valence electrons. The van der Waals surface area contributed by atoms with Gasteiger partial charge in [-0.15, -0.1) is 0 Å². The van der Waals surface area contributed by atoms with Gasteiger partial charge in [-0.3, -0.25) is 4.79 Å². The molecule has 0 atom stereocenters. The van der Waals surface area contributed by atoms with Crippen LogP contribution in [0, 0.1) is 10.5 Å². The van der Waals surface area contributed by atoms with Crippen molar-refractivity contribution in [3.05, 3.63) is 57.2 Å². The summed E-state index contributed by atoms with van der Waals surface area (Å²) in [6.45, 7) is 2.01. The first kappa shape index (κ1) is 14.4. The van der Waals surface area contributed by atoms with Gasteiger partial charge in [-0.25, -0.2) is 0 Å². The molecule has 4 heteroatoms. The molecular formula is C15H13IO2S. The second-order valence-corrected chi connectivity index (χ2v) is 6.59. The fraction of sp³-hybridized carbons (Fsp3) is 0.133. The monoisotopic (exact) mass is 384 g/mol. The third-order valence-corrected chi connectivity index (χ3v) is 4.54. The zero-order valence-corrected chi connectivity index (χ0v) is 13.4. The Morgan fingerprint density at radius 2 is 1.89 bits per heavy atom. The lowest BCUT2D eigenvalue weighted by atomic mass is 10.1. The zero-order chi connectivity index (χ0) is 13.8. The molecule has 0 aliphatic heterocycles. The van der Waals surface area contributed by atoms with Crippen molar-refractivity contribution in [2.24, 2.45) is 0 Å². The largest absolute Gasteiger partial charge is 0.481 e. The standard InChI is InChI=1S/C15H13IO2S/c1-10-8-11(9-15(17)18)2-7-14(10)19-13-5-3-12(16)4-6-13/h2-8H,9H2,1H3,(H,17,18). The van der Waals surface area contributed by atoms with Crippen molar-refractivity contribution in [1.29, 1.82) is 0 Å². The smallest absolute Gasteiger partial charge is 0.307 e. The Labute approximate surface area is 130 Å². The van der Waals surface area contributed by atoms with E-state index < -0.39 is 5.97 Å². The summed E-state index contributed by atoms with van der Waals surface area (Å²) < 4.78 is 1.22. The Hall–Kier alpha value is -1.01. The first-order valence-electron chi connectivity index (χ1n) is 5.79. The Bertz CT molecular complexity index is 594. The molecule has 0 aliphatic rings. The number of carboxylic acid groups (broad SMARTS) is 1.